The summed E-state index contributed by atoms with van der Waals surface area (Å²) >= 11 is 7.65. The van der Waals surface area contributed by atoms with E-state index in [-0.39, 0.29) is 0 Å². The molecule has 0 aliphatic carbocycles. The minimum atomic E-state index is 0.337. The summed E-state index contributed by atoms with van der Waals surface area (Å²) in [6.07, 6.45) is 0. The van der Waals surface area contributed by atoms with Crippen LogP contribution in [-0.4, -0.2) is 10.1 Å². The van der Waals surface area contributed by atoms with Gasteiger partial charge >= 0.3 is 0 Å². The van der Waals surface area contributed by atoms with Crippen LogP contribution in [0.15, 0.2) is 50.2 Å². The van der Waals surface area contributed by atoms with Crippen LogP contribution < -0.4 is 5.73 Å². The lowest BCUT2D eigenvalue weighted by molar-refractivity contribution is 0.407. The van der Waals surface area contributed by atoms with E-state index in [4.69, 9.17) is 26.3 Å². The van der Waals surface area contributed by atoms with Gasteiger partial charge in [-0.15, -0.1) is 11.8 Å². The van der Waals surface area contributed by atoms with E-state index in [0.717, 1.165) is 4.90 Å². The van der Waals surface area contributed by atoms with Gasteiger partial charge < -0.3 is 14.7 Å². The van der Waals surface area contributed by atoms with Gasteiger partial charge in [0.15, 0.2) is 11.6 Å². The minimum absolute atomic E-state index is 0.337. The van der Waals surface area contributed by atoms with Gasteiger partial charge in [0.25, 0.3) is 5.89 Å². The Hall–Kier alpha value is -1.76. The summed E-state index contributed by atoms with van der Waals surface area (Å²) in [6.45, 7) is 0.337. The van der Waals surface area contributed by atoms with E-state index < -0.39 is 0 Å². The van der Waals surface area contributed by atoms with Crippen molar-refractivity contribution in [2.24, 2.45) is 5.73 Å². The topological polar surface area (TPSA) is 78.1 Å². The molecule has 3 aromatic rings. The van der Waals surface area contributed by atoms with Crippen LogP contribution in [0.4, 0.5) is 0 Å². The van der Waals surface area contributed by atoms with Gasteiger partial charge in [0, 0.05) is 4.90 Å². The maximum atomic E-state index is 6.10. The van der Waals surface area contributed by atoms with Crippen molar-refractivity contribution < 1.29 is 8.94 Å². The third kappa shape index (κ3) is 3.29. The zero-order valence-electron chi connectivity index (χ0n) is 11.0. The number of hydrogen-bond donors (Lipinski definition) is 1. The Bertz CT molecular complexity index is 741. The first-order valence-electron chi connectivity index (χ1n) is 6.25. The van der Waals surface area contributed by atoms with Gasteiger partial charge in [-0.05, 0) is 24.3 Å². The first kappa shape index (κ1) is 14.2. The Kier molecular flexibility index (Phi) is 4.28. The average Bonchev–Trinajstić information content (AvgIpc) is 3.15. The molecule has 0 fully saturated rings. The van der Waals surface area contributed by atoms with E-state index in [1.165, 1.54) is 0 Å². The van der Waals surface area contributed by atoms with Crippen molar-refractivity contribution in [3.8, 4) is 11.7 Å². The van der Waals surface area contributed by atoms with Crippen molar-refractivity contribution in [2.45, 2.75) is 17.2 Å². The number of halogens is 1. The average molecular weight is 322 g/mol. The number of thioether (sulfide) groups is 1. The molecule has 2 aromatic heterocycles. The summed E-state index contributed by atoms with van der Waals surface area (Å²) in [5, 5.41) is 4.64. The highest BCUT2D eigenvalue weighted by Gasteiger charge is 2.13. The van der Waals surface area contributed by atoms with E-state index in [1.54, 1.807) is 23.9 Å². The van der Waals surface area contributed by atoms with E-state index in [2.05, 4.69) is 10.1 Å². The SMILES string of the molecule is NCc1ccc(-c2nc(CSc3ccccc3Cl)no2)o1. The zero-order chi connectivity index (χ0) is 14.7. The highest BCUT2D eigenvalue weighted by atomic mass is 35.5. The molecular formula is C14H12ClN3O2S. The summed E-state index contributed by atoms with van der Waals surface area (Å²) < 4.78 is 10.7. The molecule has 3 rings (SSSR count). The standard InChI is InChI=1S/C14H12ClN3O2S/c15-10-3-1-2-4-12(10)21-8-13-17-14(20-18-13)11-6-5-9(7-16)19-11/h1-6H,7-8,16H2. The molecule has 2 N–H and O–H groups in total. The van der Waals surface area contributed by atoms with Gasteiger partial charge in [-0.2, -0.15) is 4.98 Å². The van der Waals surface area contributed by atoms with Gasteiger partial charge in [0.2, 0.25) is 0 Å². The molecule has 0 aliphatic rings. The van der Waals surface area contributed by atoms with Gasteiger partial charge in [0.05, 0.1) is 17.3 Å². The molecule has 2 heterocycles. The van der Waals surface area contributed by atoms with Gasteiger partial charge in [-0.1, -0.05) is 28.9 Å². The summed E-state index contributed by atoms with van der Waals surface area (Å²) in [7, 11) is 0. The molecule has 5 nitrogen and oxygen atoms in total. The smallest absolute Gasteiger partial charge is 0.293 e. The number of rotatable bonds is 5. The van der Waals surface area contributed by atoms with Crippen molar-refractivity contribution >= 4 is 23.4 Å². The highest BCUT2D eigenvalue weighted by molar-refractivity contribution is 7.98. The predicted molar refractivity (Wildman–Crippen MR) is 80.9 cm³/mol. The van der Waals surface area contributed by atoms with E-state index >= 15 is 0 Å². The first-order chi connectivity index (χ1) is 10.3. The molecular weight excluding hydrogens is 310 g/mol. The van der Waals surface area contributed by atoms with Crippen molar-refractivity contribution in [1.82, 2.24) is 10.1 Å². The Morgan fingerprint density at radius 2 is 2.05 bits per heavy atom. The van der Waals surface area contributed by atoms with Crippen LogP contribution in [-0.2, 0) is 12.3 Å². The largest absolute Gasteiger partial charge is 0.455 e. The number of aromatic nitrogens is 2. The van der Waals surface area contributed by atoms with E-state index in [1.807, 2.05) is 24.3 Å². The Morgan fingerprint density at radius 3 is 2.81 bits per heavy atom. The lowest BCUT2D eigenvalue weighted by Crippen LogP contribution is -1.92. The van der Waals surface area contributed by atoms with Crippen LogP contribution >= 0.6 is 23.4 Å². The molecule has 0 spiro atoms. The lowest BCUT2D eigenvalue weighted by Gasteiger charge is -2.00. The maximum absolute atomic E-state index is 6.10. The second-order valence-electron chi connectivity index (χ2n) is 4.20. The Balaban J connectivity index is 1.69. The quantitative estimate of drug-likeness (QED) is 0.721. The summed E-state index contributed by atoms with van der Waals surface area (Å²) in [6, 6.07) is 11.2. The minimum Gasteiger partial charge on any atom is -0.455 e. The van der Waals surface area contributed by atoms with Crippen LogP contribution in [0.2, 0.25) is 5.02 Å². The number of nitrogens with zero attached hydrogens (tertiary/aromatic N) is 2. The number of furan rings is 1. The number of nitrogens with two attached hydrogens (primary N) is 1. The molecule has 0 atom stereocenters. The maximum Gasteiger partial charge on any atom is 0.293 e. The van der Waals surface area contributed by atoms with Gasteiger partial charge in [-0.3, -0.25) is 0 Å². The second kappa shape index (κ2) is 6.34. The molecule has 0 aliphatic heterocycles. The molecule has 0 unspecified atom stereocenters. The van der Waals surface area contributed by atoms with Crippen LogP contribution in [0.5, 0.6) is 0 Å². The van der Waals surface area contributed by atoms with Crippen LogP contribution in [0.25, 0.3) is 11.7 Å². The first-order valence-corrected chi connectivity index (χ1v) is 7.61. The summed E-state index contributed by atoms with van der Waals surface area (Å²) in [5.74, 6) is 2.70. The second-order valence-corrected chi connectivity index (χ2v) is 5.63. The highest BCUT2D eigenvalue weighted by Crippen LogP contribution is 2.29. The number of hydrogen-bond acceptors (Lipinski definition) is 6. The van der Waals surface area contributed by atoms with E-state index in [0.29, 0.717) is 40.6 Å². The molecule has 7 heteroatoms. The lowest BCUT2D eigenvalue weighted by atomic mass is 10.4. The fourth-order valence-electron chi connectivity index (χ4n) is 1.72. The normalized spacial score (nSPS) is 11.0. The van der Waals surface area contributed by atoms with Crippen molar-refractivity contribution in [2.75, 3.05) is 0 Å². The van der Waals surface area contributed by atoms with Gasteiger partial charge in [0.1, 0.15) is 5.76 Å². The third-order valence-corrected chi connectivity index (χ3v) is 4.25. The Labute approximate surface area is 130 Å². The molecule has 1 aromatic carbocycles. The summed E-state index contributed by atoms with van der Waals surface area (Å²) in [4.78, 5) is 5.28. The summed E-state index contributed by atoms with van der Waals surface area (Å²) in [5.41, 5.74) is 5.50. The van der Waals surface area contributed by atoms with Crippen LogP contribution in [0.1, 0.15) is 11.6 Å². The predicted octanol–water partition coefficient (Wildman–Crippen LogP) is 3.73. The van der Waals surface area contributed by atoms with Crippen LogP contribution in [0, 0.1) is 0 Å². The third-order valence-electron chi connectivity index (χ3n) is 2.74. The molecule has 0 saturated carbocycles. The monoisotopic (exact) mass is 321 g/mol. The zero-order valence-corrected chi connectivity index (χ0v) is 12.5. The molecule has 0 bridgehead atoms. The van der Waals surface area contributed by atoms with Crippen molar-refractivity contribution in [3.63, 3.8) is 0 Å². The molecule has 0 saturated heterocycles. The molecule has 108 valence electrons. The molecule has 0 radical (unpaired) electrons. The molecule has 0 amide bonds. The van der Waals surface area contributed by atoms with Gasteiger partial charge in [-0.25, -0.2) is 0 Å². The van der Waals surface area contributed by atoms with Crippen molar-refractivity contribution in [1.29, 1.82) is 0 Å². The fraction of sp³-hybridized carbons (Fsp3) is 0.143. The fourth-order valence-corrected chi connectivity index (χ4v) is 2.80. The number of benzene rings is 1. The van der Waals surface area contributed by atoms with E-state index in [9.17, 15) is 0 Å². The van der Waals surface area contributed by atoms with Crippen LogP contribution in [0.3, 0.4) is 0 Å². The Morgan fingerprint density at radius 1 is 1.19 bits per heavy atom. The molecule has 21 heavy (non-hydrogen) atoms. The van der Waals surface area contributed by atoms with Crippen molar-refractivity contribution in [3.05, 3.63) is 53.0 Å².